The third-order valence-electron chi connectivity index (χ3n) is 4.71. The van der Waals surface area contributed by atoms with Crippen LogP contribution < -0.4 is 16.0 Å². The summed E-state index contributed by atoms with van der Waals surface area (Å²) in [5, 5.41) is 9.07. The van der Waals surface area contributed by atoms with Crippen LogP contribution in [-0.4, -0.2) is 37.5 Å². The number of hydrogen-bond acceptors (Lipinski definition) is 3. The lowest BCUT2D eigenvalue weighted by Crippen LogP contribution is -2.51. The van der Waals surface area contributed by atoms with Crippen LogP contribution in [0.25, 0.3) is 0 Å². The maximum atomic E-state index is 12.2. The van der Waals surface area contributed by atoms with Gasteiger partial charge in [0.25, 0.3) is 0 Å². The molecule has 0 aromatic carbocycles. The molecule has 3 fully saturated rings. The number of amides is 2. The molecule has 3 aliphatic rings. The lowest BCUT2D eigenvalue weighted by atomic mass is 9.91. The molecule has 2 heterocycles. The third-order valence-corrected chi connectivity index (χ3v) is 4.71. The van der Waals surface area contributed by atoms with Crippen molar-refractivity contribution in [3.63, 3.8) is 0 Å². The molecule has 5 nitrogen and oxygen atoms in total. The molecule has 0 aromatic heterocycles. The van der Waals surface area contributed by atoms with Crippen molar-refractivity contribution in [3.8, 4) is 0 Å². The van der Waals surface area contributed by atoms with Crippen molar-refractivity contribution in [2.75, 3.05) is 19.6 Å². The molecule has 2 atom stereocenters. The molecule has 18 heavy (non-hydrogen) atoms. The zero-order chi connectivity index (χ0) is 12.6. The second-order valence-corrected chi connectivity index (χ2v) is 5.86. The summed E-state index contributed by atoms with van der Waals surface area (Å²) in [6, 6.07) is -0.300. The minimum Gasteiger partial charge on any atom is -0.354 e. The van der Waals surface area contributed by atoms with E-state index in [1.165, 1.54) is 0 Å². The smallest absolute Gasteiger partial charge is 0.242 e. The fourth-order valence-electron chi connectivity index (χ4n) is 3.38. The Morgan fingerprint density at radius 2 is 2.06 bits per heavy atom. The Hall–Kier alpha value is -1.10. The summed E-state index contributed by atoms with van der Waals surface area (Å²) >= 11 is 0. The summed E-state index contributed by atoms with van der Waals surface area (Å²) in [4.78, 5) is 23.8. The van der Waals surface area contributed by atoms with Crippen LogP contribution in [0.3, 0.4) is 0 Å². The van der Waals surface area contributed by atoms with E-state index in [9.17, 15) is 9.59 Å². The van der Waals surface area contributed by atoms with E-state index in [0.29, 0.717) is 0 Å². The van der Waals surface area contributed by atoms with Gasteiger partial charge in [0.1, 0.15) is 6.04 Å². The first-order valence-corrected chi connectivity index (χ1v) is 7.00. The predicted molar refractivity (Wildman–Crippen MR) is 66.8 cm³/mol. The van der Waals surface area contributed by atoms with Gasteiger partial charge >= 0.3 is 0 Å². The predicted octanol–water partition coefficient (Wildman–Crippen LogP) is -0.229. The van der Waals surface area contributed by atoms with Crippen LogP contribution in [0.1, 0.15) is 32.1 Å². The van der Waals surface area contributed by atoms with E-state index in [-0.39, 0.29) is 29.2 Å². The minimum absolute atomic E-state index is 0.0189. The van der Waals surface area contributed by atoms with Crippen molar-refractivity contribution in [2.45, 2.75) is 38.1 Å². The van der Waals surface area contributed by atoms with Gasteiger partial charge in [-0.2, -0.15) is 0 Å². The molecule has 5 heteroatoms. The Bertz CT molecular complexity index is 363. The van der Waals surface area contributed by atoms with E-state index < -0.39 is 0 Å². The number of carbonyl (C=O) groups excluding carboxylic acids is 2. The van der Waals surface area contributed by atoms with Gasteiger partial charge in [-0.1, -0.05) is 0 Å². The second-order valence-electron chi connectivity index (χ2n) is 5.86. The molecule has 0 radical (unpaired) electrons. The monoisotopic (exact) mass is 251 g/mol. The minimum atomic E-state index is -0.300. The first-order valence-electron chi connectivity index (χ1n) is 7.00. The molecule has 1 saturated carbocycles. The fraction of sp³-hybridized carbons (Fsp3) is 0.846. The molecule has 2 saturated heterocycles. The first-order chi connectivity index (χ1) is 8.71. The standard InChI is InChI=1S/C13H21N3O2/c17-11(16-10-2-1-5-15-12(10)18)9-8-13(9)3-6-14-7-4-13/h9-10,14H,1-8H2,(H,15,18)(H,16,17). The van der Waals surface area contributed by atoms with Gasteiger partial charge in [0.05, 0.1) is 0 Å². The van der Waals surface area contributed by atoms with E-state index >= 15 is 0 Å². The first kappa shape index (κ1) is 12.0. The number of nitrogens with one attached hydrogen (secondary N) is 3. The molecule has 100 valence electrons. The molecule has 2 amide bonds. The van der Waals surface area contributed by atoms with Gasteiger partial charge in [-0.15, -0.1) is 0 Å². The maximum absolute atomic E-state index is 12.2. The normalized spacial score (nSPS) is 33.9. The molecule has 2 aliphatic heterocycles. The molecule has 1 spiro atoms. The molecule has 3 rings (SSSR count). The molecule has 2 unspecified atom stereocenters. The summed E-state index contributed by atoms with van der Waals surface area (Å²) in [7, 11) is 0. The van der Waals surface area contributed by atoms with Crippen LogP contribution in [0.15, 0.2) is 0 Å². The van der Waals surface area contributed by atoms with Crippen molar-refractivity contribution in [1.29, 1.82) is 0 Å². The Labute approximate surface area is 107 Å². The number of carbonyl (C=O) groups is 2. The highest BCUT2D eigenvalue weighted by Gasteiger charge is 2.57. The van der Waals surface area contributed by atoms with Crippen molar-refractivity contribution in [1.82, 2.24) is 16.0 Å². The highest BCUT2D eigenvalue weighted by atomic mass is 16.2. The molecular weight excluding hydrogens is 230 g/mol. The van der Waals surface area contributed by atoms with Crippen LogP contribution >= 0.6 is 0 Å². The molecular formula is C13H21N3O2. The van der Waals surface area contributed by atoms with E-state index in [1.807, 2.05) is 0 Å². The van der Waals surface area contributed by atoms with Crippen LogP contribution in [-0.2, 0) is 9.59 Å². The molecule has 3 N–H and O–H groups in total. The van der Waals surface area contributed by atoms with Crippen LogP contribution in [0.4, 0.5) is 0 Å². The van der Waals surface area contributed by atoms with E-state index in [1.54, 1.807) is 0 Å². The number of hydrogen-bond donors (Lipinski definition) is 3. The van der Waals surface area contributed by atoms with Crippen LogP contribution in [0, 0.1) is 11.3 Å². The van der Waals surface area contributed by atoms with Gasteiger partial charge in [0, 0.05) is 12.5 Å². The van der Waals surface area contributed by atoms with E-state index in [2.05, 4.69) is 16.0 Å². The lowest BCUT2D eigenvalue weighted by Gasteiger charge is -2.25. The van der Waals surface area contributed by atoms with Crippen molar-refractivity contribution < 1.29 is 9.59 Å². The van der Waals surface area contributed by atoms with Gasteiger partial charge in [-0.3, -0.25) is 9.59 Å². The summed E-state index contributed by atoms with van der Waals surface area (Å²) in [5.41, 5.74) is 0.250. The van der Waals surface area contributed by atoms with Gasteiger partial charge in [-0.05, 0) is 50.6 Å². The molecule has 0 aromatic rings. The van der Waals surface area contributed by atoms with E-state index in [0.717, 1.165) is 51.7 Å². The topological polar surface area (TPSA) is 70.2 Å². The Balaban J connectivity index is 1.54. The summed E-state index contributed by atoms with van der Waals surface area (Å²) < 4.78 is 0. The van der Waals surface area contributed by atoms with Gasteiger partial charge in [0.15, 0.2) is 0 Å². The zero-order valence-corrected chi connectivity index (χ0v) is 10.6. The highest BCUT2D eigenvalue weighted by molar-refractivity contribution is 5.90. The Morgan fingerprint density at radius 1 is 1.28 bits per heavy atom. The third kappa shape index (κ3) is 2.11. The van der Waals surface area contributed by atoms with E-state index in [4.69, 9.17) is 0 Å². The average Bonchev–Trinajstić information content (AvgIpc) is 3.07. The van der Waals surface area contributed by atoms with Gasteiger partial charge < -0.3 is 16.0 Å². The number of piperidine rings is 2. The summed E-state index contributed by atoms with van der Waals surface area (Å²) in [6.45, 7) is 2.78. The Kier molecular flexibility index (Phi) is 3.01. The quantitative estimate of drug-likeness (QED) is 0.635. The van der Waals surface area contributed by atoms with Crippen molar-refractivity contribution in [2.24, 2.45) is 11.3 Å². The average molecular weight is 251 g/mol. The summed E-state index contributed by atoms with van der Waals surface area (Å²) in [5.74, 6) is 0.225. The van der Waals surface area contributed by atoms with Gasteiger partial charge in [0.2, 0.25) is 11.8 Å². The van der Waals surface area contributed by atoms with Crippen LogP contribution in [0.2, 0.25) is 0 Å². The number of rotatable bonds is 2. The largest absolute Gasteiger partial charge is 0.354 e. The van der Waals surface area contributed by atoms with Crippen molar-refractivity contribution >= 4 is 11.8 Å². The van der Waals surface area contributed by atoms with Gasteiger partial charge in [-0.25, -0.2) is 0 Å². The zero-order valence-electron chi connectivity index (χ0n) is 10.6. The van der Waals surface area contributed by atoms with Crippen LogP contribution in [0.5, 0.6) is 0 Å². The maximum Gasteiger partial charge on any atom is 0.242 e. The Morgan fingerprint density at radius 3 is 2.78 bits per heavy atom. The highest BCUT2D eigenvalue weighted by Crippen LogP contribution is 2.58. The SMILES string of the molecule is O=C1NCCCC1NC(=O)C1CC12CCNCC2. The second kappa shape index (κ2) is 4.53. The summed E-state index contributed by atoms with van der Waals surface area (Å²) in [6.07, 6.45) is 4.94. The molecule has 0 bridgehead atoms. The fourth-order valence-corrected chi connectivity index (χ4v) is 3.38. The molecule has 1 aliphatic carbocycles. The van der Waals surface area contributed by atoms with Crippen molar-refractivity contribution in [3.05, 3.63) is 0 Å². The lowest BCUT2D eigenvalue weighted by molar-refractivity contribution is -0.131.